The number of hydrogen-bond donors (Lipinski definition) is 3. The van der Waals surface area contributed by atoms with Crippen molar-refractivity contribution in [2.45, 2.75) is 95.3 Å². The van der Waals surface area contributed by atoms with E-state index in [2.05, 4.69) is 16.0 Å². The summed E-state index contributed by atoms with van der Waals surface area (Å²) in [5.41, 5.74) is 2.94. The third-order valence-electron chi connectivity index (χ3n) is 11.0. The molecule has 7 rings (SSSR count). The Morgan fingerprint density at radius 1 is 1.13 bits per heavy atom. The Balaban J connectivity index is 1.00. The molecule has 9 nitrogen and oxygen atoms in total. The van der Waals surface area contributed by atoms with Crippen molar-refractivity contribution in [1.29, 1.82) is 0 Å². The monoisotopic (exact) mass is 532 g/mol. The maximum Gasteiger partial charge on any atom is 0.255 e. The van der Waals surface area contributed by atoms with Crippen molar-refractivity contribution in [2.75, 3.05) is 0 Å². The minimum atomic E-state index is -0.644. The number of amides is 5. The SMILES string of the molecule is CC(=O)N[C@@H](CCCc1cccc2c1CN(C1CCC(=O)NC1=O)C2=O)C(=O)NC12CC3CC4CC(C1)C43C2. The van der Waals surface area contributed by atoms with Gasteiger partial charge in [0.05, 0.1) is 0 Å². The molecule has 2 heterocycles. The van der Waals surface area contributed by atoms with Gasteiger partial charge in [0.1, 0.15) is 12.1 Å². The van der Waals surface area contributed by atoms with Gasteiger partial charge in [0, 0.05) is 31.0 Å². The number of imide groups is 1. The lowest BCUT2D eigenvalue weighted by atomic mass is 9.38. The van der Waals surface area contributed by atoms with E-state index in [0.717, 1.165) is 48.1 Å². The van der Waals surface area contributed by atoms with Gasteiger partial charge in [-0.05, 0) is 98.1 Å². The summed E-state index contributed by atoms with van der Waals surface area (Å²) in [5.74, 6) is 1.24. The number of carbonyl (C=O) groups is 5. The number of benzene rings is 1. The van der Waals surface area contributed by atoms with Crippen LogP contribution in [0, 0.1) is 23.2 Å². The summed E-state index contributed by atoms with van der Waals surface area (Å²) in [6.07, 6.45) is 8.34. The van der Waals surface area contributed by atoms with Crippen molar-refractivity contribution in [3.05, 3.63) is 34.9 Å². The fourth-order valence-corrected chi connectivity index (χ4v) is 9.47. The molecule has 1 aromatic carbocycles. The van der Waals surface area contributed by atoms with E-state index in [1.54, 1.807) is 11.0 Å². The van der Waals surface area contributed by atoms with E-state index >= 15 is 0 Å². The van der Waals surface area contributed by atoms with Gasteiger partial charge in [-0.1, -0.05) is 12.1 Å². The highest BCUT2D eigenvalue weighted by Crippen LogP contribution is 2.82. The third-order valence-corrected chi connectivity index (χ3v) is 11.0. The van der Waals surface area contributed by atoms with Gasteiger partial charge in [-0.2, -0.15) is 0 Å². The maximum absolute atomic E-state index is 13.5. The third kappa shape index (κ3) is 3.68. The Labute approximate surface area is 227 Å². The van der Waals surface area contributed by atoms with Gasteiger partial charge in [0.2, 0.25) is 23.6 Å². The van der Waals surface area contributed by atoms with Crippen LogP contribution in [-0.2, 0) is 32.1 Å². The van der Waals surface area contributed by atoms with E-state index in [9.17, 15) is 24.0 Å². The first kappa shape index (κ1) is 24.8. The molecule has 2 bridgehead atoms. The molecule has 4 aliphatic carbocycles. The molecule has 6 aliphatic rings. The summed E-state index contributed by atoms with van der Waals surface area (Å²) in [5, 5.41) is 8.65. The molecule has 4 saturated carbocycles. The molecule has 9 heteroatoms. The lowest BCUT2D eigenvalue weighted by Crippen LogP contribution is -2.60. The van der Waals surface area contributed by atoms with Gasteiger partial charge < -0.3 is 15.5 Å². The largest absolute Gasteiger partial charge is 0.349 e. The molecule has 1 aromatic rings. The second-order valence-corrected chi connectivity index (χ2v) is 13.0. The van der Waals surface area contributed by atoms with Crippen LogP contribution in [0.3, 0.4) is 0 Å². The van der Waals surface area contributed by atoms with Crippen LogP contribution in [0.5, 0.6) is 0 Å². The first-order valence-electron chi connectivity index (χ1n) is 14.5. The average Bonchev–Trinajstić information content (AvgIpc) is 3.47. The molecule has 0 aromatic heterocycles. The molecule has 0 radical (unpaired) electrons. The molecular weight excluding hydrogens is 496 g/mol. The smallest absolute Gasteiger partial charge is 0.255 e. The number of nitrogens with zero attached hydrogens (tertiary/aromatic N) is 1. The number of carbonyl (C=O) groups excluding carboxylic acids is 5. The van der Waals surface area contributed by atoms with Crippen molar-refractivity contribution < 1.29 is 24.0 Å². The Kier molecular flexibility index (Phi) is 5.49. The quantitative estimate of drug-likeness (QED) is 0.442. The Hall–Kier alpha value is -3.23. The fourth-order valence-electron chi connectivity index (χ4n) is 9.47. The first-order chi connectivity index (χ1) is 18.7. The van der Waals surface area contributed by atoms with Crippen molar-refractivity contribution in [3.63, 3.8) is 0 Å². The van der Waals surface area contributed by atoms with Crippen molar-refractivity contribution in [2.24, 2.45) is 23.2 Å². The molecule has 1 spiro atoms. The van der Waals surface area contributed by atoms with Gasteiger partial charge in [-0.15, -0.1) is 0 Å². The van der Waals surface area contributed by atoms with Gasteiger partial charge in [0.25, 0.3) is 5.91 Å². The van der Waals surface area contributed by atoms with Crippen LogP contribution in [-0.4, -0.2) is 52.1 Å². The van der Waals surface area contributed by atoms with Gasteiger partial charge in [-0.3, -0.25) is 29.3 Å². The summed E-state index contributed by atoms with van der Waals surface area (Å²) < 4.78 is 0. The second-order valence-electron chi connectivity index (χ2n) is 13.0. The van der Waals surface area contributed by atoms with E-state index in [0.29, 0.717) is 43.2 Å². The number of aryl methyl sites for hydroxylation is 1. The standard InChI is InChI=1S/C30H36N4O5/c1-16(35)31-23(26(37)33-29-12-19-10-18-11-20(13-29)30(18,19)15-29)7-3-5-17-4-2-6-21-22(17)14-34(28(21)39)24-8-9-25(36)32-27(24)38/h2,4,6,18-20,23-24H,3,5,7-15H2,1H3,(H,31,35)(H,33,37)(H,32,36,38)/t18?,19?,20?,23-,24?,29?,30?/m0/s1. The zero-order chi connectivity index (χ0) is 27.1. The molecule has 2 aliphatic heterocycles. The van der Waals surface area contributed by atoms with Crippen molar-refractivity contribution >= 4 is 29.5 Å². The topological polar surface area (TPSA) is 125 Å². The number of nitrogens with one attached hydrogen (secondary N) is 3. The van der Waals surface area contributed by atoms with Crippen molar-refractivity contribution in [1.82, 2.24) is 20.9 Å². The summed E-state index contributed by atoms with van der Waals surface area (Å²) in [6.45, 7) is 1.78. The van der Waals surface area contributed by atoms with Gasteiger partial charge >= 0.3 is 0 Å². The average molecular weight is 533 g/mol. The summed E-state index contributed by atoms with van der Waals surface area (Å²) >= 11 is 0. The Morgan fingerprint density at radius 3 is 2.56 bits per heavy atom. The normalized spacial score (nSPS) is 35.9. The zero-order valence-electron chi connectivity index (χ0n) is 22.4. The molecule has 4 atom stereocenters. The lowest BCUT2D eigenvalue weighted by Gasteiger charge is -2.66. The molecule has 3 unspecified atom stereocenters. The minimum absolute atomic E-state index is 0.0711. The van der Waals surface area contributed by atoms with Gasteiger partial charge in [0.15, 0.2) is 0 Å². The number of fused-ring (bicyclic) bond motifs is 2. The molecular formula is C30H36N4O5. The molecule has 1 saturated heterocycles. The van der Waals surface area contributed by atoms with E-state index in [1.165, 1.54) is 19.8 Å². The van der Waals surface area contributed by atoms with Crippen LogP contribution in [0.15, 0.2) is 18.2 Å². The van der Waals surface area contributed by atoms with Crippen LogP contribution in [0.4, 0.5) is 0 Å². The van der Waals surface area contributed by atoms with Crippen LogP contribution < -0.4 is 16.0 Å². The highest BCUT2D eigenvalue weighted by Gasteiger charge is 2.77. The first-order valence-corrected chi connectivity index (χ1v) is 14.5. The Bertz CT molecular complexity index is 1290. The molecule has 39 heavy (non-hydrogen) atoms. The second kappa shape index (κ2) is 8.63. The summed E-state index contributed by atoms with van der Waals surface area (Å²) in [6, 6.07) is 4.40. The summed E-state index contributed by atoms with van der Waals surface area (Å²) in [4.78, 5) is 64.1. The molecule has 3 N–H and O–H groups in total. The Morgan fingerprint density at radius 2 is 1.90 bits per heavy atom. The fraction of sp³-hybridized carbons (Fsp3) is 0.633. The van der Waals surface area contributed by atoms with Crippen molar-refractivity contribution in [3.8, 4) is 0 Å². The number of hydrogen-bond acceptors (Lipinski definition) is 5. The molecule has 206 valence electrons. The van der Waals surface area contributed by atoms with Crippen LogP contribution in [0.25, 0.3) is 0 Å². The number of piperidine rings is 1. The lowest BCUT2D eigenvalue weighted by molar-refractivity contribution is -0.176. The summed E-state index contributed by atoms with van der Waals surface area (Å²) in [7, 11) is 0. The highest BCUT2D eigenvalue weighted by molar-refractivity contribution is 6.05. The van der Waals surface area contributed by atoms with E-state index < -0.39 is 18.0 Å². The molecule has 5 fully saturated rings. The zero-order valence-corrected chi connectivity index (χ0v) is 22.4. The van der Waals surface area contributed by atoms with E-state index in [-0.39, 0.29) is 35.6 Å². The molecule has 5 amide bonds. The predicted octanol–water partition coefficient (Wildman–Crippen LogP) is 1.97. The predicted molar refractivity (Wildman–Crippen MR) is 140 cm³/mol. The van der Waals surface area contributed by atoms with E-state index in [4.69, 9.17) is 0 Å². The van der Waals surface area contributed by atoms with Crippen LogP contribution in [0.1, 0.15) is 86.2 Å². The maximum atomic E-state index is 13.5. The highest BCUT2D eigenvalue weighted by atomic mass is 16.2. The minimum Gasteiger partial charge on any atom is -0.349 e. The van der Waals surface area contributed by atoms with Crippen LogP contribution in [0.2, 0.25) is 0 Å². The van der Waals surface area contributed by atoms with Crippen LogP contribution >= 0.6 is 0 Å². The van der Waals surface area contributed by atoms with Gasteiger partial charge in [-0.25, -0.2) is 0 Å². The van der Waals surface area contributed by atoms with E-state index in [1.807, 2.05) is 12.1 Å². The number of rotatable bonds is 8.